The largest absolute Gasteiger partial charge is 0.486 e. The number of anilines is 1. The molecular formula is C21H26N2O3. The van der Waals surface area contributed by atoms with Crippen LogP contribution in [0.1, 0.15) is 5.56 Å². The Labute approximate surface area is 154 Å². The average molecular weight is 354 g/mol. The third-order valence-electron chi connectivity index (χ3n) is 5.12. The van der Waals surface area contributed by atoms with E-state index in [2.05, 4.69) is 28.0 Å². The molecule has 2 aromatic carbocycles. The number of piperazine rings is 1. The summed E-state index contributed by atoms with van der Waals surface area (Å²) in [4.78, 5) is 4.88. The molecule has 5 heteroatoms. The summed E-state index contributed by atoms with van der Waals surface area (Å²) in [5, 5.41) is 9.28. The number of aliphatic hydroxyl groups is 1. The Balaban J connectivity index is 1.32. The van der Waals surface area contributed by atoms with Gasteiger partial charge in [-0.25, -0.2) is 0 Å². The van der Waals surface area contributed by atoms with Gasteiger partial charge in [0.1, 0.15) is 12.7 Å². The van der Waals surface area contributed by atoms with Crippen molar-refractivity contribution in [3.8, 4) is 11.5 Å². The highest BCUT2D eigenvalue weighted by atomic mass is 16.6. The lowest BCUT2D eigenvalue weighted by Gasteiger charge is -2.39. The first-order chi connectivity index (χ1) is 12.8. The SMILES string of the molecule is OCCc1ccccc1N1CCN(CC2COc3ccccc3O2)CC1. The molecule has 1 fully saturated rings. The molecule has 1 unspecified atom stereocenters. The molecule has 26 heavy (non-hydrogen) atoms. The van der Waals surface area contributed by atoms with Crippen LogP contribution in [0.15, 0.2) is 48.5 Å². The van der Waals surface area contributed by atoms with Gasteiger partial charge in [0.15, 0.2) is 11.5 Å². The van der Waals surface area contributed by atoms with E-state index in [-0.39, 0.29) is 12.7 Å². The third kappa shape index (κ3) is 3.79. The van der Waals surface area contributed by atoms with Crippen LogP contribution in [0.4, 0.5) is 5.69 Å². The third-order valence-corrected chi connectivity index (χ3v) is 5.12. The van der Waals surface area contributed by atoms with Gasteiger partial charge in [0.25, 0.3) is 0 Å². The number of rotatable bonds is 5. The first-order valence-corrected chi connectivity index (χ1v) is 9.38. The fraction of sp³-hybridized carbons (Fsp3) is 0.429. The smallest absolute Gasteiger partial charge is 0.161 e. The number of nitrogens with zero attached hydrogens (tertiary/aromatic N) is 2. The highest BCUT2D eigenvalue weighted by molar-refractivity contribution is 5.54. The highest BCUT2D eigenvalue weighted by Gasteiger charge is 2.25. The maximum atomic E-state index is 9.28. The summed E-state index contributed by atoms with van der Waals surface area (Å²) in [6, 6.07) is 16.3. The molecule has 4 rings (SSSR count). The van der Waals surface area contributed by atoms with E-state index in [1.807, 2.05) is 30.3 Å². The first-order valence-electron chi connectivity index (χ1n) is 9.38. The Bertz CT molecular complexity index is 729. The Morgan fingerprint density at radius 1 is 0.923 bits per heavy atom. The Kier molecular flexibility index (Phi) is 5.27. The molecule has 0 spiro atoms. The van der Waals surface area contributed by atoms with Gasteiger partial charge in [-0.05, 0) is 30.2 Å². The second-order valence-corrected chi connectivity index (χ2v) is 6.89. The zero-order valence-corrected chi connectivity index (χ0v) is 15.0. The molecule has 0 aromatic heterocycles. The quantitative estimate of drug-likeness (QED) is 0.892. The zero-order chi connectivity index (χ0) is 17.8. The molecule has 0 amide bonds. The van der Waals surface area contributed by atoms with E-state index in [0.717, 1.165) is 44.2 Å². The van der Waals surface area contributed by atoms with Crippen LogP contribution in [0, 0.1) is 0 Å². The molecule has 1 N–H and O–H groups in total. The topological polar surface area (TPSA) is 45.2 Å². The summed E-state index contributed by atoms with van der Waals surface area (Å²) in [5.41, 5.74) is 2.48. The standard InChI is InChI=1S/C21H26N2O3/c24-14-9-17-5-1-2-6-19(17)23-12-10-22(11-13-23)15-18-16-25-20-7-3-4-8-21(20)26-18/h1-8,18,24H,9-16H2. The molecule has 0 radical (unpaired) electrons. The molecule has 2 heterocycles. The van der Waals surface area contributed by atoms with E-state index in [1.54, 1.807) is 0 Å². The fourth-order valence-corrected chi connectivity index (χ4v) is 3.76. The molecule has 1 atom stereocenters. The minimum atomic E-state index is 0.0816. The van der Waals surface area contributed by atoms with Crippen LogP contribution in [-0.2, 0) is 6.42 Å². The number of para-hydroxylation sites is 3. The molecule has 0 aliphatic carbocycles. The van der Waals surface area contributed by atoms with Crippen LogP contribution in [0.25, 0.3) is 0 Å². The summed E-state index contributed by atoms with van der Waals surface area (Å²) in [6.07, 6.45) is 0.793. The van der Waals surface area contributed by atoms with Crippen LogP contribution >= 0.6 is 0 Å². The van der Waals surface area contributed by atoms with Crippen LogP contribution < -0.4 is 14.4 Å². The van der Waals surface area contributed by atoms with Crippen LogP contribution in [0.2, 0.25) is 0 Å². The van der Waals surface area contributed by atoms with Gasteiger partial charge in [-0.2, -0.15) is 0 Å². The lowest BCUT2D eigenvalue weighted by molar-refractivity contribution is 0.0571. The Morgan fingerprint density at radius 3 is 2.46 bits per heavy atom. The first kappa shape index (κ1) is 17.2. The summed E-state index contributed by atoms with van der Waals surface area (Å²) in [5.74, 6) is 1.69. The lowest BCUT2D eigenvalue weighted by atomic mass is 10.1. The van der Waals surface area contributed by atoms with Gasteiger partial charge >= 0.3 is 0 Å². The van der Waals surface area contributed by atoms with Crippen molar-refractivity contribution in [1.29, 1.82) is 0 Å². The van der Waals surface area contributed by atoms with Crippen LogP contribution in [0.3, 0.4) is 0 Å². The number of benzene rings is 2. The molecule has 2 aliphatic heterocycles. The minimum absolute atomic E-state index is 0.0816. The lowest BCUT2D eigenvalue weighted by Crippen LogP contribution is -2.50. The predicted octanol–water partition coefficient (Wildman–Crippen LogP) is 2.18. The van der Waals surface area contributed by atoms with Crippen molar-refractivity contribution < 1.29 is 14.6 Å². The van der Waals surface area contributed by atoms with Crippen LogP contribution in [0.5, 0.6) is 11.5 Å². The van der Waals surface area contributed by atoms with Gasteiger partial charge in [0.2, 0.25) is 0 Å². The maximum absolute atomic E-state index is 9.28. The second kappa shape index (κ2) is 7.98. The number of hydrogen-bond acceptors (Lipinski definition) is 5. The minimum Gasteiger partial charge on any atom is -0.486 e. The number of fused-ring (bicyclic) bond motifs is 1. The van der Waals surface area contributed by atoms with Gasteiger partial charge in [0, 0.05) is 45.0 Å². The molecule has 2 aliphatic rings. The molecule has 1 saturated heterocycles. The Morgan fingerprint density at radius 2 is 1.65 bits per heavy atom. The fourth-order valence-electron chi connectivity index (χ4n) is 3.76. The van der Waals surface area contributed by atoms with Crippen molar-refractivity contribution >= 4 is 5.69 Å². The molecule has 0 saturated carbocycles. The second-order valence-electron chi connectivity index (χ2n) is 6.89. The molecule has 0 bridgehead atoms. The van der Waals surface area contributed by atoms with Crippen molar-refractivity contribution in [2.75, 3.05) is 50.8 Å². The van der Waals surface area contributed by atoms with Gasteiger partial charge in [0.05, 0.1) is 0 Å². The van der Waals surface area contributed by atoms with E-state index < -0.39 is 0 Å². The maximum Gasteiger partial charge on any atom is 0.161 e. The summed E-state index contributed by atoms with van der Waals surface area (Å²) in [6.45, 7) is 5.69. The Hall–Kier alpha value is -2.24. The van der Waals surface area contributed by atoms with E-state index in [1.165, 1.54) is 11.3 Å². The van der Waals surface area contributed by atoms with E-state index in [0.29, 0.717) is 13.0 Å². The van der Waals surface area contributed by atoms with E-state index in [4.69, 9.17) is 9.47 Å². The number of aliphatic hydroxyl groups excluding tert-OH is 1. The van der Waals surface area contributed by atoms with E-state index in [9.17, 15) is 5.11 Å². The normalized spacial score (nSPS) is 20.2. The molecular weight excluding hydrogens is 328 g/mol. The number of hydrogen-bond donors (Lipinski definition) is 1. The van der Waals surface area contributed by atoms with Gasteiger partial charge in [-0.1, -0.05) is 30.3 Å². The summed E-state index contributed by atoms with van der Waals surface area (Å²) >= 11 is 0. The molecule has 138 valence electrons. The summed E-state index contributed by atoms with van der Waals surface area (Å²) in [7, 11) is 0. The highest BCUT2D eigenvalue weighted by Crippen LogP contribution is 2.31. The van der Waals surface area contributed by atoms with Crippen molar-refractivity contribution in [3.63, 3.8) is 0 Å². The van der Waals surface area contributed by atoms with Gasteiger partial charge in [-0.3, -0.25) is 4.90 Å². The summed E-state index contributed by atoms with van der Waals surface area (Å²) < 4.78 is 11.9. The van der Waals surface area contributed by atoms with Crippen molar-refractivity contribution in [3.05, 3.63) is 54.1 Å². The number of ether oxygens (including phenoxy) is 2. The van der Waals surface area contributed by atoms with Gasteiger partial charge in [-0.15, -0.1) is 0 Å². The molecule has 5 nitrogen and oxygen atoms in total. The monoisotopic (exact) mass is 354 g/mol. The van der Waals surface area contributed by atoms with Crippen molar-refractivity contribution in [2.24, 2.45) is 0 Å². The van der Waals surface area contributed by atoms with Gasteiger partial charge < -0.3 is 19.5 Å². The van der Waals surface area contributed by atoms with Crippen molar-refractivity contribution in [1.82, 2.24) is 4.90 Å². The predicted molar refractivity (Wildman–Crippen MR) is 102 cm³/mol. The molecule has 2 aromatic rings. The zero-order valence-electron chi connectivity index (χ0n) is 15.0. The average Bonchev–Trinajstić information content (AvgIpc) is 2.69. The van der Waals surface area contributed by atoms with Crippen LogP contribution in [-0.4, -0.2) is 62.0 Å². The van der Waals surface area contributed by atoms with E-state index >= 15 is 0 Å². The van der Waals surface area contributed by atoms with Crippen molar-refractivity contribution in [2.45, 2.75) is 12.5 Å².